The molecule has 0 radical (unpaired) electrons. The van der Waals surface area contributed by atoms with Crippen LogP contribution in [-0.2, 0) is 4.79 Å². The van der Waals surface area contributed by atoms with E-state index in [0.29, 0.717) is 29.7 Å². The normalized spacial score (nSPS) is 14.8. The van der Waals surface area contributed by atoms with Gasteiger partial charge in [-0.2, -0.15) is 0 Å². The third-order valence-electron chi connectivity index (χ3n) is 4.54. The van der Waals surface area contributed by atoms with Crippen LogP contribution in [0.15, 0.2) is 53.0 Å². The van der Waals surface area contributed by atoms with E-state index in [2.05, 4.69) is 26.1 Å². The van der Waals surface area contributed by atoms with Gasteiger partial charge >= 0.3 is 0 Å². The molecule has 3 rings (SSSR count). The molecule has 0 spiro atoms. The highest BCUT2D eigenvalue weighted by Gasteiger charge is 2.22. The number of carbonyl (C=O) groups excluding carboxylic acids is 2. The van der Waals surface area contributed by atoms with Crippen LogP contribution in [0, 0.1) is 5.82 Å². The molecule has 0 unspecified atom stereocenters. The second kappa shape index (κ2) is 9.10. The molecular formula is C20H21BrFN3O2. The highest BCUT2D eigenvalue weighted by molar-refractivity contribution is 9.10. The largest absolute Gasteiger partial charge is 0.336 e. The van der Waals surface area contributed by atoms with Crippen LogP contribution in [-0.4, -0.2) is 54.3 Å². The molecule has 0 saturated carbocycles. The predicted octanol–water partition coefficient (Wildman–Crippen LogP) is 3.37. The maximum Gasteiger partial charge on any atom is 0.253 e. The van der Waals surface area contributed by atoms with Crippen molar-refractivity contribution in [3.8, 4) is 0 Å². The zero-order valence-electron chi connectivity index (χ0n) is 14.8. The lowest BCUT2D eigenvalue weighted by molar-refractivity contribution is -0.116. The molecule has 1 N–H and O–H groups in total. The van der Waals surface area contributed by atoms with Crippen LogP contribution in [0.25, 0.3) is 0 Å². The molecule has 1 heterocycles. The quantitative estimate of drug-likeness (QED) is 0.786. The number of hydrogen-bond donors (Lipinski definition) is 1. The van der Waals surface area contributed by atoms with Crippen molar-refractivity contribution in [2.24, 2.45) is 0 Å². The predicted molar refractivity (Wildman–Crippen MR) is 106 cm³/mol. The van der Waals surface area contributed by atoms with Gasteiger partial charge in [-0.3, -0.25) is 14.5 Å². The third kappa shape index (κ3) is 5.37. The maximum atomic E-state index is 13.8. The Balaban J connectivity index is 1.43. The lowest BCUT2D eigenvalue weighted by Gasteiger charge is -2.34. The molecule has 0 atom stereocenters. The second-order valence-corrected chi connectivity index (χ2v) is 7.34. The van der Waals surface area contributed by atoms with Crippen molar-refractivity contribution in [2.45, 2.75) is 6.42 Å². The fraction of sp³-hybridized carbons (Fsp3) is 0.300. The molecule has 2 aromatic rings. The Hall–Kier alpha value is -2.25. The molecule has 1 saturated heterocycles. The Morgan fingerprint density at radius 1 is 1.04 bits per heavy atom. The highest BCUT2D eigenvalue weighted by atomic mass is 79.9. The van der Waals surface area contributed by atoms with E-state index in [9.17, 15) is 14.0 Å². The molecule has 1 fully saturated rings. The van der Waals surface area contributed by atoms with Gasteiger partial charge < -0.3 is 10.2 Å². The summed E-state index contributed by atoms with van der Waals surface area (Å²) in [7, 11) is 0. The van der Waals surface area contributed by atoms with Gasteiger partial charge in [0.05, 0.1) is 5.69 Å². The molecule has 0 aromatic heterocycles. The first-order valence-corrected chi connectivity index (χ1v) is 9.64. The minimum Gasteiger partial charge on any atom is -0.336 e. The summed E-state index contributed by atoms with van der Waals surface area (Å²) in [5.41, 5.74) is 0.878. The first-order chi connectivity index (χ1) is 13.0. The Kier molecular flexibility index (Phi) is 6.58. The number of nitrogens with zero attached hydrogens (tertiary/aromatic N) is 2. The Bertz CT molecular complexity index is 808. The van der Waals surface area contributed by atoms with E-state index in [0.717, 1.165) is 13.1 Å². The van der Waals surface area contributed by atoms with Gasteiger partial charge in [-0.15, -0.1) is 0 Å². The van der Waals surface area contributed by atoms with Crippen molar-refractivity contribution in [1.29, 1.82) is 0 Å². The Labute approximate surface area is 166 Å². The molecular weight excluding hydrogens is 413 g/mol. The van der Waals surface area contributed by atoms with Crippen molar-refractivity contribution in [3.63, 3.8) is 0 Å². The van der Waals surface area contributed by atoms with Crippen molar-refractivity contribution in [1.82, 2.24) is 9.80 Å². The van der Waals surface area contributed by atoms with E-state index in [1.165, 1.54) is 12.1 Å². The minimum atomic E-state index is -0.467. The van der Waals surface area contributed by atoms with E-state index in [-0.39, 0.29) is 23.9 Å². The number of amides is 2. The zero-order chi connectivity index (χ0) is 19.2. The van der Waals surface area contributed by atoms with Crippen molar-refractivity contribution in [2.75, 3.05) is 38.0 Å². The minimum absolute atomic E-state index is 0.0405. The molecule has 5 nitrogen and oxygen atoms in total. The summed E-state index contributed by atoms with van der Waals surface area (Å²) >= 11 is 3.19. The summed E-state index contributed by atoms with van der Waals surface area (Å²) in [6, 6.07) is 13.8. The summed E-state index contributed by atoms with van der Waals surface area (Å²) in [5.74, 6) is -0.650. The van der Waals surface area contributed by atoms with Crippen LogP contribution in [0.4, 0.5) is 10.1 Å². The van der Waals surface area contributed by atoms with Gasteiger partial charge in [-0.05, 0) is 30.3 Å². The average molecular weight is 434 g/mol. The Morgan fingerprint density at radius 3 is 2.41 bits per heavy atom. The van der Waals surface area contributed by atoms with Crippen LogP contribution in [0.2, 0.25) is 0 Å². The molecule has 2 aromatic carbocycles. The number of carbonyl (C=O) groups is 2. The number of piperazine rings is 1. The standard InChI is InChI=1S/C20H21BrFN3O2/c21-16-6-7-18(17(22)14-16)23-19(26)8-9-24-10-12-25(13-11-24)20(27)15-4-2-1-3-5-15/h1-7,14H,8-13H2,(H,23,26). The lowest BCUT2D eigenvalue weighted by Crippen LogP contribution is -2.49. The summed E-state index contributed by atoms with van der Waals surface area (Å²) in [6.07, 6.45) is 0.280. The van der Waals surface area contributed by atoms with Crippen LogP contribution < -0.4 is 5.32 Å². The van der Waals surface area contributed by atoms with Gasteiger partial charge in [0.1, 0.15) is 5.82 Å². The van der Waals surface area contributed by atoms with E-state index in [1.54, 1.807) is 6.07 Å². The molecule has 0 aliphatic carbocycles. The van der Waals surface area contributed by atoms with Crippen LogP contribution in [0.5, 0.6) is 0 Å². The van der Waals surface area contributed by atoms with Crippen LogP contribution >= 0.6 is 15.9 Å². The molecule has 7 heteroatoms. The van der Waals surface area contributed by atoms with Gasteiger partial charge in [-0.1, -0.05) is 34.1 Å². The fourth-order valence-electron chi connectivity index (χ4n) is 3.00. The van der Waals surface area contributed by atoms with Crippen LogP contribution in [0.1, 0.15) is 16.8 Å². The highest BCUT2D eigenvalue weighted by Crippen LogP contribution is 2.19. The van der Waals surface area contributed by atoms with Gasteiger partial charge in [-0.25, -0.2) is 4.39 Å². The molecule has 27 heavy (non-hydrogen) atoms. The smallest absolute Gasteiger partial charge is 0.253 e. The van der Waals surface area contributed by atoms with Gasteiger partial charge in [0, 0.05) is 49.2 Å². The average Bonchev–Trinajstić information content (AvgIpc) is 2.69. The number of nitrogens with one attached hydrogen (secondary N) is 1. The molecule has 142 valence electrons. The summed E-state index contributed by atoms with van der Waals surface area (Å²) in [5, 5.41) is 2.60. The number of anilines is 1. The van der Waals surface area contributed by atoms with Crippen molar-refractivity contribution < 1.29 is 14.0 Å². The van der Waals surface area contributed by atoms with E-state index >= 15 is 0 Å². The van der Waals surface area contributed by atoms with Gasteiger partial charge in [0.2, 0.25) is 5.91 Å². The van der Waals surface area contributed by atoms with Gasteiger partial charge in [0.15, 0.2) is 0 Å². The first-order valence-electron chi connectivity index (χ1n) is 8.84. The zero-order valence-corrected chi connectivity index (χ0v) is 16.4. The fourth-order valence-corrected chi connectivity index (χ4v) is 3.33. The summed E-state index contributed by atoms with van der Waals surface area (Å²) in [6.45, 7) is 3.29. The number of halogens is 2. The van der Waals surface area contributed by atoms with Crippen molar-refractivity contribution in [3.05, 3.63) is 64.4 Å². The Morgan fingerprint density at radius 2 is 1.74 bits per heavy atom. The van der Waals surface area contributed by atoms with E-state index < -0.39 is 5.82 Å². The molecule has 2 amide bonds. The van der Waals surface area contributed by atoms with Crippen molar-refractivity contribution >= 4 is 33.4 Å². The van der Waals surface area contributed by atoms with E-state index in [4.69, 9.17) is 0 Å². The maximum absolute atomic E-state index is 13.8. The molecule has 0 bridgehead atoms. The summed E-state index contributed by atoms with van der Waals surface area (Å²) in [4.78, 5) is 28.5. The number of rotatable bonds is 5. The topological polar surface area (TPSA) is 52.7 Å². The first kappa shape index (κ1) is 19.5. The number of hydrogen-bond acceptors (Lipinski definition) is 3. The van der Waals surface area contributed by atoms with E-state index in [1.807, 2.05) is 35.2 Å². The summed E-state index contributed by atoms with van der Waals surface area (Å²) < 4.78 is 14.4. The second-order valence-electron chi connectivity index (χ2n) is 6.42. The van der Waals surface area contributed by atoms with Gasteiger partial charge in [0.25, 0.3) is 5.91 Å². The SMILES string of the molecule is O=C(CCN1CCN(C(=O)c2ccccc2)CC1)Nc1ccc(Br)cc1F. The third-order valence-corrected chi connectivity index (χ3v) is 5.03. The van der Waals surface area contributed by atoms with Crippen LogP contribution in [0.3, 0.4) is 0 Å². The molecule has 1 aliphatic heterocycles. The molecule has 1 aliphatic rings. The number of benzene rings is 2. The lowest BCUT2D eigenvalue weighted by atomic mass is 10.2. The monoisotopic (exact) mass is 433 g/mol.